The predicted molar refractivity (Wildman–Crippen MR) is 86.1 cm³/mol. The zero-order valence-electron chi connectivity index (χ0n) is 11.5. The number of rotatable bonds is 6. The van der Waals surface area contributed by atoms with Crippen molar-refractivity contribution in [2.45, 2.75) is 32.1 Å². The van der Waals surface area contributed by atoms with Gasteiger partial charge in [0.05, 0.1) is 10.9 Å². The highest BCUT2D eigenvalue weighted by Gasteiger charge is 2.08. The van der Waals surface area contributed by atoms with E-state index in [1.54, 1.807) is 0 Å². The molecule has 0 aliphatic rings. The van der Waals surface area contributed by atoms with E-state index in [1.807, 2.05) is 30.3 Å². The monoisotopic (exact) mass is 308 g/mol. The van der Waals surface area contributed by atoms with Crippen molar-refractivity contribution in [1.29, 1.82) is 0 Å². The third-order valence-electron chi connectivity index (χ3n) is 3.15. The van der Waals surface area contributed by atoms with E-state index in [9.17, 15) is 0 Å². The molecule has 0 N–H and O–H groups in total. The number of unbranched alkanes of at least 4 members (excludes halogenated alkanes) is 1. The van der Waals surface area contributed by atoms with Crippen LogP contribution in [0, 0.1) is 0 Å². The molecule has 0 aliphatic heterocycles. The van der Waals surface area contributed by atoms with E-state index in [-0.39, 0.29) is 0 Å². The molecule has 0 aromatic heterocycles. The zero-order valence-corrected chi connectivity index (χ0v) is 13.0. The number of halogens is 2. The highest BCUT2D eigenvalue weighted by Crippen LogP contribution is 2.33. The molecular formula is C17H18Cl2O. The number of alkyl halides is 1. The van der Waals surface area contributed by atoms with Crippen molar-refractivity contribution >= 4 is 23.2 Å². The summed E-state index contributed by atoms with van der Waals surface area (Å²) >= 11 is 12.1. The first kappa shape index (κ1) is 15.2. The molecule has 0 spiro atoms. The summed E-state index contributed by atoms with van der Waals surface area (Å²) in [6, 6.07) is 13.8. The summed E-state index contributed by atoms with van der Waals surface area (Å²) < 4.78 is 5.87. The Labute approximate surface area is 130 Å². The smallest absolute Gasteiger partial charge is 0.150 e. The molecule has 0 radical (unpaired) electrons. The minimum Gasteiger partial charge on any atom is -0.455 e. The Morgan fingerprint density at radius 2 is 1.80 bits per heavy atom. The molecule has 0 saturated heterocycles. The minimum absolute atomic E-state index is 0.379. The topological polar surface area (TPSA) is 9.23 Å². The lowest BCUT2D eigenvalue weighted by Gasteiger charge is -2.11. The van der Waals surface area contributed by atoms with Gasteiger partial charge in [0.2, 0.25) is 0 Å². The van der Waals surface area contributed by atoms with E-state index in [0.29, 0.717) is 16.7 Å². The van der Waals surface area contributed by atoms with E-state index in [2.05, 4.69) is 19.1 Å². The van der Waals surface area contributed by atoms with Gasteiger partial charge in [-0.15, -0.1) is 11.6 Å². The van der Waals surface area contributed by atoms with Gasteiger partial charge in [0.15, 0.2) is 0 Å². The summed E-state index contributed by atoms with van der Waals surface area (Å²) in [5, 5.41) is 0.582. The number of benzene rings is 2. The van der Waals surface area contributed by atoms with Gasteiger partial charge >= 0.3 is 0 Å². The largest absolute Gasteiger partial charge is 0.455 e. The number of hydrogen-bond donors (Lipinski definition) is 0. The maximum atomic E-state index is 6.17. The number of aryl methyl sites for hydroxylation is 1. The highest BCUT2D eigenvalue weighted by atomic mass is 35.5. The summed E-state index contributed by atoms with van der Waals surface area (Å²) in [4.78, 5) is 0. The lowest BCUT2D eigenvalue weighted by molar-refractivity contribution is 0.478. The maximum Gasteiger partial charge on any atom is 0.150 e. The van der Waals surface area contributed by atoms with Gasteiger partial charge in [-0.2, -0.15) is 0 Å². The van der Waals surface area contributed by atoms with Crippen LogP contribution in [0.3, 0.4) is 0 Å². The molecule has 2 rings (SSSR count). The number of hydrogen-bond acceptors (Lipinski definition) is 1. The van der Waals surface area contributed by atoms with E-state index < -0.39 is 0 Å². The molecule has 0 atom stereocenters. The molecule has 20 heavy (non-hydrogen) atoms. The van der Waals surface area contributed by atoms with Gasteiger partial charge in [-0.05, 0) is 36.6 Å². The lowest BCUT2D eigenvalue weighted by Crippen LogP contribution is -1.91. The predicted octanol–water partition coefficient (Wildman–Crippen LogP) is 6.21. The SMILES string of the molecule is CCCCc1ccc(Oc2c(Cl)cccc2CCl)cc1. The molecule has 2 aromatic carbocycles. The normalized spacial score (nSPS) is 10.6. The van der Waals surface area contributed by atoms with E-state index in [4.69, 9.17) is 27.9 Å². The fourth-order valence-electron chi connectivity index (χ4n) is 2.00. The molecule has 2 aromatic rings. The zero-order chi connectivity index (χ0) is 14.4. The van der Waals surface area contributed by atoms with Crippen molar-refractivity contribution in [2.24, 2.45) is 0 Å². The number of ether oxygens (including phenoxy) is 1. The van der Waals surface area contributed by atoms with Crippen molar-refractivity contribution < 1.29 is 4.74 Å². The average molecular weight is 309 g/mol. The number of para-hydroxylation sites is 1. The van der Waals surface area contributed by atoms with Crippen LogP contribution in [0.25, 0.3) is 0 Å². The molecule has 0 saturated carbocycles. The van der Waals surface area contributed by atoms with Gasteiger partial charge in [-0.3, -0.25) is 0 Å². The molecule has 1 nitrogen and oxygen atoms in total. The second kappa shape index (κ2) is 7.56. The van der Waals surface area contributed by atoms with Crippen LogP contribution >= 0.6 is 23.2 Å². The first-order valence-corrected chi connectivity index (χ1v) is 7.76. The lowest BCUT2D eigenvalue weighted by atomic mass is 10.1. The van der Waals surface area contributed by atoms with E-state index in [0.717, 1.165) is 17.7 Å². The van der Waals surface area contributed by atoms with Crippen molar-refractivity contribution in [3.05, 3.63) is 58.6 Å². The van der Waals surface area contributed by atoms with Gasteiger partial charge in [0.1, 0.15) is 11.5 Å². The second-order valence-corrected chi connectivity index (χ2v) is 5.39. The second-order valence-electron chi connectivity index (χ2n) is 4.71. The Morgan fingerprint density at radius 1 is 1.05 bits per heavy atom. The first-order valence-electron chi connectivity index (χ1n) is 6.84. The third-order valence-corrected chi connectivity index (χ3v) is 3.74. The molecule has 0 heterocycles. The Balaban J connectivity index is 2.14. The Bertz CT molecular complexity index is 549. The van der Waals surface area contributed by atoms with Crippen LogP contribution in [-0.2, 0) is 12.3 Å². The fourth-order valence-corrected chi connectivity index (χ4v) is 2.44. The van der Waals surface area contributed by atoms with Crippen molar-refractivity contribution in [2.75, 3.05) is 0 Å². The molecule has 0 fully saturated rings. The quantitative estimate of drug-likeness (QED) is 0.576. The summed E-state index contributed by atoms with van der Waals surface area (Å²) in [5.41, 5.74) is 2.23. The van der Waals surface area contributed by atoms with Crippen LogP contribution in [0.15, 0.2) is 42.5 Å². The molecular weight excluding hydrogens is 291 g/mol. The summed E-state index contributed by atoms with van der Waals surface area (Å²) in [6.07, 6.45) is 3.52. The van der Waals surface area contributed by atoms with Gasteiger partial charge in [0.25, 0.3) is 0 Å². The van der Waals surface area contributed by atoms with Crippen molar-refractivity contribution in [3.8, 4) is 11.5 Å². The average Bonchev–Trinajstić information content (AvgIpc) is 2.48. The van der Waals surface area contributed by atoms with Crippen LogP contribution in [0.4, 0.5) is 0 Å². The summed E-state index contributed by atoms with van der Waals surface area (Å²) in [5.74, 6) is 1.81. The first-order chi connectivity index (χ1) is 9.74. The van der Waals surface area contributed by atoms with Crippen LogP contribution in [0.1, 0.15) is 30.9 Å². The van der Waals surface area contributed by atoms with E-state index in [1.165, 1.54) is 18.4 Å². The molecule has 106 valence electrons. The van der Waals surface area contributed by atoms with Crippen molar-refractivity contribution in [1.82, 2.24) is 0 Å². The van der Waals surface area contributed by atoms with Crippen LogP contribution in [0.5, 0.6) is 11.5 Å². The highest BCUT2D eigenvalue weighted by molar-refractivity contribution is 6.32. The van der Waals surface area contributed by atoms with E-state index >= 15 is 0 Å². The minimum atomic E-state index is 0.379. The van der Waals surface area contributed by atoms with Crippen LogP contribution in [-0.4, -0.2) is 0 Å². The standard InChI is InChI=1S/C17H18Cl2O/c1-2-3-5-13-8-10-15(11-9-13)20-17-14(12-18)6-4-7-16(17)19/h4,6-11H,2-3,5,12H2,1H3. The van der Waals surface area contributed by atoms with Crippen LogP contribution in [0.2, 0.25) is 5.02 Å². The molecule has 0 unspecified atom stereocenters. The Morgan fingerprint density at radius 3 is 2.45 bits per heavy atom. The summed E-state index contributed by atoms with van der Waals surface area (Å²) in [6.45, 7) is 2.20. The molecule has 3 heteroatoms. The summed E-state index contributed by atoms with van der Waals surface area (Å²) in [7, 11) is 0. The Kier molecular flexibility index (Phi) is 5.75. The van der Waals surface area contributed by atoms with Gasteiger partial charge in [0, 0.05) is 5.56 Å². The van der Waals surface area contributed by atoms with Gasteiger partial charge < -0.3 is 4.74 Å². The van der Waals surface area contributed by atoms with Gasteiger partial charge in [-0.1, -0.05) is 49.2 Å². The molecule has 0 bridgehead atoms. The third kappa shape index (κ3) is 3.91. The molecule has 0 amide bonds. The van der Waals surface area contributed by atoms with Crippen molar-refractivity contribution in [3.63, 3.8) is 0 Å². The van der Waals surface area contributed by atoms with Crippen LogP contribution < -0.4 is 4.74 Å². The van der Waals surface area contributed by atoms with Gasteiger partial charge in [-0.25, -0.2) is 0 Å². The molecule has 0 aliphatic carbocycles. The fraction of sp³-hybridized carbons (Fsp3) is 0.294. The maximum absolute atomic E-state index is 6.17. The Hall–Kier alpha value is -1.18.